The van der Waals surface area contributed by atoms with Crippen LogP contribution in [0.25, 0.3) is 0 Å². The fraction of sp³-hybridized carbons (Fsp3) is 0.889. The molecular weight excluding hydrogens is 154 g/mol. The molecule has 0 amide bonds. The molecule has 0 aromatic heterocycles. The van der Waals surface area contributed by atoms with E-state index < -0.39 is 0 Å². The highest BCUT2D eigenvalue weighted by Gasteiger charge is 2.22. The second-order valence-electron chi connectivity index (χ2n) is 3.06. The highest BCUT2D eigenvalue weighted by atomic mass is 16.7. The van der Waals surface area contributed by atoms with Crippen LogP contribution < -0.4 is 0 Å². The van der Waals surface area contributed by atoms with E-state index in [4.69, 9.17) is 9.47 Å². The zero-order chi connectivity index (χ0) is 8.97. The lowest BCUT2D eigenvalue weighted by Crippen LogP contribution is -2.32. The molecule has 70 valence electrons. The lowest BCUT2D eigenvalue weighted by molar-refractivity contribution is -0.152. The second kappa shape index (κ2) is 4.58. The van der Waals surface area contributed by atoms with Crippen LogP contribution >= 0.6 is 0 Å². The van der Waals surface area contributed by atoms with Gasteiger partial charge in [-0.1, -0.05) is 0 Å². The van der Waals surface area contributed by atoms with Crippen LogP contribution in [0.4, 0.5) is 0 Å². The van der Waals surface area contributed by atoms with Crippen molar-refractivity contribution in [2.24, 2.45) is 4.99 Å². The van der Waals surface area contributed by atoms with Gasteiger partial charge < -0.3 is 9.47 Å². The molecule has 3 heteroatoms. The number of hydrogen-bond donors (Lipinski definition) is 0. The number of aliphatic imine (C=N–C) groups is 1. The average Bonchev–Trinajstić information content (AvgIpc) is 2.04. The molecule has 0 aromatic rings. The summed E-state index contributed by atoms with van der Waals surface area (Å²) in [5.74, 6) is 0. The molecule has 1 saturated heterocycles. The van der Waals surface area contributed by atoms with Crippen LogP contribution in [-0.4, -0.2) is 31.8 Å². The predicted molar refractivity (Wildman–Crippen MR) is 48.6 cm³/mol. The lowest BCUT2D eigenvalue weighted by atomic mass is 10.1. The first-order valence-electron chi connectivity index (χ1n) is 4.46. The lowest BCUT2D eigenvalue weighted by Gasteiger charge is -2.27. The summed E-state index contributed by atoms with van der Waals surface area (Å²) in [6, 6.07) is 0. The van der Waals surface area contributed by atoms with E-state index in [1.807, 2.05) is 0 Å². The molecular formula is C9H17NO2. The van der Waals surface area contributed by atoms with Gasteiger partial charge in [-0.15, -0.1) is 0 Å². The summed E-state index contributed by atoms with van der Waals surface area (Å²) in [7, 11) is 1.67. The molecule has 0 aromatic carbocycles. The van der Waals surface area contributed by atoms with Gasteiger partial charge in [-0.25, -0.2) is 0 Å². The van der Waals surface area contributed by atoms with E-state index in [1.165, 1.54) is 5.71 Å². The standard InChI is InChI=1S/C9H17NO2/c1-4-10-8-5-7(2)12-9(6-8)11-3/h7,9H,4-6H2,1-3H3/t7-,9-/m1/s1. The van der Waals surface area contributed by atoms with Gasteiger partial charge >= 0.3 is 0 Å². The van der Waals surface area contributed by atoms with E-state index in [1.54, 1.807) is 7.11 Å². The van der Waals surface area contributed by atoms with Gasteiger partial charge in [0.15, 0.2) is 6.29 Å². The van der Waals surface area contributed by atoms with E-state index >= 15 is 0 Å². The Hall–Kier alpha value is -0.410. The monoisotopic (exact) mass is 171 g/mol. The number of hydrogen-bond acceptors (Lipinski definition) is 3. The smallest absolute Gasteiger partial charge is 0.162 e. The van der Waals surface area contributed by atoms with Crippen molar-refractivity contribution in [2.75, 3.05) is 13.7 Å². The van der Waals surface area contributed by atoms with E-state index in [-0.39, 0.29) is 12.4 Å². The van der Waals surface area contributed by atoms with Crippen molar-refractivity contribution in [3.05, 3.63) is 0 Å². The first-order chi connectivity index (χ1) is 5.76. The summed E-state index contributed by atoms with van der Waals surface area (Å²) in [5, 5.41) is 0. The molecule has 2 atom stereocenters. The van der Waals surface area contributed by atoms with Gasteiger partial charge in [0.25, 0.3) is 0 Å². The molecule has 0 radical (unpaired) electrons. The van der Waals surface area contributed by atoms with Crippen LogP contribution in [-0.2, 0) is 9.47 Å². The quantitative estimate of drug-likeness (QED) is 0.632. The van der Waals surface area contributed by atoms with Crippen molar-refractivity contribution >= 4 is 5.71 Å². The number of ether oxygens (including phenoxy) is 2. The molecule has 3 nitrogen and oxygen atoms in total. The molecule has 0 N–H and O–H groups in total. The Balaban J connectivity index is 2.51. The minimum Gasteiger partial charge on any atom is -0.355 e. The highest BCUT2D eigenvalue weighted by Crippen LogP contribution is 2.17. The molecule has 1 aliphatic heterocycles. The van der Waals surface area contributed by atoms with Crippen LogP contribution in [0.1, 0.15) is 26.7 Å². The van der Waals surface area contributed by atoms with Crippen LogP contribution in [0.3, 0.4) is 0 Å². The minimum absolute atomic E-state index is 0.0842. The van der Waals surface area contributed by atoms with Crippen molar-refractivity contribution in [2.45, 2.75) is 39.1 Å². The molecule has 1 aliphatic rings. The first-order valence-corrected chi connectivity index (χ1v) is 4.46. The highest BCUT2D eigenvalue weighted by molar-refractivity contribution is 5.85. The van der Waals surface area contributed by atoms with E-state index in [0.29, 0.717) is 0 Å². The first kappa shape index (κ1) is 9.68. The van der Waals surface area contributed by atoms with Gasteiger partial charge in [-0.05, 0) is 13.8 Å². The average molecular weight is 171 g/mol. The number of nitrogens with zero attached hydrogens (tertiary/aromatic N) is 1. The molecule has 0 aliphatic carbocycles. The summed E-state index contributed by atoms with van der Waals surface area (Å²) in [6.07, 6.45) is 1.94. The Morgan fingerprint density at radius 2 is 2.33 bits per heavy atom. The van der Waals surface area contributed by atoms with Crippen molar-refractivity contribution in [3.63, 3.8) is 0 Å². The van der Waals surface area contributed by atoms with Gasteiger partial charge in [0.05, 0.1) is 6.10 Å². The maximum Gasteiger partial charge on any atom is 0.162 e. The Labute approximate surface area is 73.8 Å². The molecule has 0 bridgehead atoms. The zero-order valence-electron chi connectivity index (χ0n) is 8.04. The zero-order valence-corrected chi connectivity index (χ0v) is 8.04. The van der Waals surface area contributed by atoms with Gasteiger partial charge in [0.2, 0.25) is 0 Å². The van der Waals surface area contributed by atoms with E-state index in [0.717, 1.165) is 19.4 Å². The minimum atomic E-state index is -0.0842. The van der Waals surface area contributed by atoms with Gasteiger partial charge in [-0.3, -0.25) is 4.99 Å². The Morgan fingerprint density at radius 1 is 1.58 bits per heavy atom. The van der Waals surface area contributed by atoms with E-state index in [2.05, 4.69) is 18.8 Å². The van der Waals surface area contributed by atoms with Crippen LogP contribution in [0.2, 0.25) is 0 Å². The van der Waals surface area contributed by atoms with Gasteiger partial charge in [0, 0.05) is 32.2 Å². The van der Waals surface area contributed by atoms with Crippen LogP contribution in [0.15, 0.2) is 4.99 Å². The summed E-state index contributed by atoms with van der Waals surface area (Å²) in [5.41, 5.74) is 1.23. The molecule has 0 saturated carbocycles. The molecule has 0 unspecified atom stereocenters. The maximum atomic E-state index is 5.51. The van der Waals surface area contributed by atoms with E-state index in [9.17, 15) is 0 Å². The Bertz CT molecular complexity index is 168. The Morgan fingerprint density at radius 3 is 2.92 bits per heavy atom. The third-order valence-electron chi connectivity index (χ3n) is 1.95. The predicted octanol–water partition coefficient (Wildman–Crippen LogP) is 1.62. The van der Waals surface area contributed by atoms with Gasteiger partial charge in [-0.2, -0.15) is 0 Å². The summed E-state index contributed by atoms with van der Waals surface area (Å²) in [4.78, 5) is 4.39. The fourth-order valence-corrected chi connectivity index (χ4v) is 1.45. The topological polar surface area (TPSA) is 30.8 Å². The van der Waals surface area contributed by atoms with Crippen LogP contribution in [0.5, 0.6) is 0 Å². The SMILES string of the molecule is CCN=C1C[C@H](OC)O[C@H](C)C1. The number of methoxy groups -OCH3 is 1. The molecule has 1 rings (SSSR count). The third-order valence-corrected chi connectivity index (χ3v) is 1.95. The van der Waals surface area contributed by atoms with Crippen LogP contribution in [0, 0.1) is 0 Å². The molecule has 0 spiro atoms. The van der Waals surface area contributed by atoms with Crippen molar-refractivity contribution in [3.8, 4) is 0 Å². The normalized spacial score (nSPS) is 34.1. The second-order valence-corrected chi connectivity index (χ2v) is 3.06. The fourth-order valence-electron chi connectivity index (χ4n) is 1.45. The van der Waals surface area contributed by atoms with Crippen molar-refractivity contribution in [1.82, 2.24) is 0 Å². The molecule has 1 heterocycles. The van der Waals surface area contributed by atoms with Crippen molar-refractivity contribution < 1.29 is 9.47 Å². The number of rotatable bonds is 2. The summed E-state index contributed by atoms with van der Waals surface area (Å²) < 4.78 is 10.6. The maximum absolute atomic E-state index is 5.51. The molecule has 12 heavy (non-hydrogen) atoms. The summed E-state index contributed by atoms with van der Waals surface area (Å²) >= 11 is 0. The van der Waals surface area contributed by atoms with Crippen molar-refractivity contribution in [1.29, 1.82) is 0 Å². The molecule has 1 fully saturated rings. The summed E-state index contributed by atoms with van der Waals surface area (Å²) in [6.45, 7) is 4.96. The van der Waals surface area contributed by atoms with Gasteiger partial charge in [0.1, 0.15) is 0 Å². The third kappa shape index (κ3) is 2.57. The Kier molecular flexibility index (Phi) is 3.69. The largest absolute Gasteiger partial charge is 0.355 e.